The zero-order valence-electron chi connectivity index (χ0n) is 16.0. The van der Waals surface area contributed by atoms with Gasteiger partial charge in [-0.3, -0.25) is 0 Å². The molecule has 0 amide bonds. The van der Waals surface area contributed by atoms with Gasteiger partial charge in [0.15, 0.2) is 0 Å². The van der Waals surface area contributed by atoms with Gasteiger partial charge in [0.05, 0.1) is 10.2 Å². The zero-order chi connectivity index (χ0) is 21.1. The van der Waals surface area contributed by atoms with E-state index >= 15 is 0 Å². The lowest BCUT2D eigenvalue weighted by atomic mass is 10.2. The Morgan fingerprint density at radius 1 is 0.724 bits per heavy atom. The van der Waals surface area contributed by atoms with E-state index in [9.17, 15) is 8.78 Å². The van der Waals surface area contributed by atoms with Gasteiger partial charge in [0.2, 0.25) is 0 Å². The fourth-order valence-corrected chi connectivity index (χ4v) is 3.28. The SMILES string of the molecule is C1CNCCN1.Fc1cc(Cl)ccc1Br.Fc1cc(Cl)ccc1N1CCNCC1. The highest BCUT2D eigenvalue weighted by molar-refractivity contribution is 9.10. The molecule has 2 aliphatic rings. The summed E-state index contributed by atoms with van der Waals surface area (Å²) in [6, 6.07) is 9.27. The molecule has 2 heterocycles. The summed E-state index contributed by atoms with van der Waals surface area (Å²) in [5, 5.41) is 10.5. The highest BCUT2D eigenvalue weighted by Gasteiger charge is 2.14. The summed E-state index contributed by atoms with van der Waals surface area (Å²) in [4.78, 5) is 2.03. The van der Waals surface area contributed by atoms with E-state index in [4.69, 9.17) is 23.2 Å². The predicted molar refractivity (Wildman–Crippen MR) is 121 cm³/mol. The highest BCUT2D eigenvalue weighted by atomic mass is 79.9. The lowest BCUT2D eigenvalue weighted by Crippen LogP contribution is -2.43. The van der Waals surface area contributed by atoms with E-state index in [0.717, 1.165) is 52.4 Å². The average Bonchev–Trinajstić information content (AvgIpc) is 2.74. The van der Waals surface area contributed by atoms with E-state index in [2.05, 4.69) is 31.9 Å². The molecule has 0 atom stereocenters. The second-order valence-corrected chi connectivity index (χ2v) is 8.12. The molecular formula is C20H25BrCl2F2N4. The summed E-state index contributed by atoms with van der Waals surface area (Å²) in [5.41, 5.74) is 0.649. The third-order valence-electron chi connectivity index (χ3n) is 4.21. The third-order valence-corrected chi connectivity index (χ3v) is 5.32. The van der Waals surface area contributed by atoms with Crippen molar-refractivity contribution in [3.8, 4) is 0 Å². The van der Waals surface area contributed by atoms with E-state index in [-0.39, 0.29) is 11.6 Å². The molecule has 160 valence electrons. The number of hydrogen-bond donors (Lipinski definition) is 3. The first-order valence-corrected chi connectivity index (χ1v) is 10.9. The van der Waals surface area contributed by atoms with Crippen molar-refractivity contribution in [3.05, 3.63) is 62.6 Å². The molecule has 2 fully saturated rings. The summed E-state index contributed by atoms with van der Waals surface area (Å²) >= 11 is 14.1. The molecule has 0 bridgehead atoms. The second kappa shape index (κ2) is 13.4. The maximum absolute atomic E-state index is 13.5. The smallest absolute Gasteiger partial charge is 0.147 e. The summed E-state index contributed by atoms with van der Waals surface area (Å²) in [6.45, 7) is 8.06. The van der Waals surface area contributed by atoms with Crippen LogP contribution in [-0.2, 0) is 0 Å². The van der Waals surface area contributed by atoms with E-state index in [0.29, 0.717) is 20.2 Å². The van der Waals surface area contributed by atoms with Crippen molar-refractivity contribution in [1.82, 2.24) is 16.0 Å². The number of benzene rings is 2. The monoisotopic (exact) mass is 508 g/mol. The molecule has 0 saturated carbocycles. The normalized spacial score (nSPS) is 16.2. The van der Waals surface area contributed by atoms with Gasteiger partial charge < -0.3 is 20.9 Å². The lowest BCUT2D eigenvalue weighted by molar-refractivity contribution is 0.534. The maximum Gasteiger partial charge on any atom is 0.147 e. The van der Waals surface area contributed by atoms with Crippen molar-refractivity contribution < 1.29 is 8.78 Å². The summed E-state index contributed by atoms with van der Waals surface area (Å²) in [7, 11) is 0. The molecule has 0 radical (unpaired) electrons. The quantitative estimate of drug-likeness (QED) is 0.501. The minimum absolute atomic E-state index is 0.237. The fourth-order valence-electron chi connectivity index (χ4n) is 2.72. The van der Waals surface area contributed by atoms with E-state index in [1.54, 1.807) is 24.3 Å². The number of rotatable bonds is 1. The molecule has 2 aromatic rings. The first-order valence-electron chi connectivity index (χ1n) is 9.40. The lowest BCUT2D eigenvalue weighted by Gasteiger charge is -2.29. The van der Waals surface area contributed by atoms with Crippen LogP contribution in [0.25, 0.3) is 0 Å². The Labute approximate surface area is 189 Å². The molecule has 2 aliphatic heterocycles. The van der Waals surface area contributed by atoms with Gasteiger partial charge in [-0.15, -0.1) is 0 Å². The molecule has 4 nitrogen and oxygen atoms in total. The molecule has 0 unspecified atom stereocenters. The van der Waals surface area contributed by atoms with E-state index < -0.39 is 0 Å². The minimum Gasteiger partial charge on any atom is -0.367 e. The second-order valence-electron chi connectivity index (χ2n) is 6.39. The Kier molecular flexibility index (Phi) is 11.2. The van der Waals surface area contributed by atoms with Gasteiger partial charge >= 0.3 is 0 Å². The Balaban J connectivity index is 0.000000171. The van der Waals surface area contributed by atoms with Crippen LogP contribution in [0.2, 0.25) is 10.0 Å². The van der Waals surface area contributed by atoms with Gasteiger partial charge in [0.1, 0.15) is 11.6 Å². The van der Waals surface area contributed by atoms with Crippen molar-refractivity contribution in [2.24, 2.45) is 0 Å². The van der Waals surface area contributed by atoms with E-state index in [1.165, 1.54) is 12.1 Å². The van der Waals surface area contributed by atoms with Gasteiger partial charge in [-0.2, -0.15) is 0 Å². The molecule has 2 saturated heterocycles. The molecule has 2 aromatic carbocycles. The van der Waals surface area contributed by atoms with Crippen LogP contribution >= 0.6 is 39.1 Å². The minimum atomic E-state index is -0.331. The Morgan fingerprint density at radius 3 is 1.66 bits per heavy atom. The van der Waals surface area contributed by atoms with Gasteiger partial charge in [-0.1, -0.05) is 23.2 Å². The maximum atomic E-state index is 13.5. The molecule has 29 heavy (non-hydrogen) atoms. The van der Waals surface area contributed by atoms with Crippen molar-refractivity contribution >= 4 is 44.8 Å². The van der Waals surface area contributed by atoms with Gasteiger partial charge in [0, 0.05) is 62.4 Å². The van der Waals surface area contributed by atoms with Crippen molar-refractivity contribution in [3.63, 3.8) is 0 Å². The Morgan fingerprint density at radius 2 is 1.21 bits per heavy atom. The van der Waals surface area contributed by atoms with Gasteiger partial charge in [-0.25, -0.2) is 8.78 Å². The number of halogens is 5. The molecule has 3 N–H and O–H groups in total. The number of nitrogens with zero attached hydrogens (tertiary/aromatic N) is 1. The predicted octanol–water partition coefficient (Wildman–Crippen LogP) is 4.31. The number of nitrogens with one attached hydrogen (secondary N) is 3. The first kappa shape index (κ1) is 24.3. The summed E-state index contributed by atoms with van der Waals surface area (Å²) in [5.74, 6) is -0.568. The molecule has 9 heteroatoms. The van der Waals surface area contributed by atoms with Gasteiger partial charge in [0.25, 0.3) is 0 Å². The molecule has 0 aromatic heterocycles. The number of hydrogen-bond acceptors (Lipinski definition) is 4. The molecular weight excluding hydrogens is 485 g/mol. The van der Waals surface area contributed by atoms with Crippen molar-refractivity contribution in [1.29, 1.82) is 0 Å². The van der Waals surface area contributed by atoms with Gasteiger partial charge in [-0.05, 0) is 52.3 Å². The number of anilines is 1. The molecule has 4 rings (SSSR count). The van der Waals surface area contributed by atoms with Crippen LogP contribution < -0.4 is 20.9 Å². The van der Waals surface area contributed by atoms with Crippen LogP contribution in [0.3, 0.4) is 0 Å². The summed E-state index contributed by atoms with van der Waals surface area (Å²) in [6.07, 6.45) is 0. The topological polar surface area (TPSA) is 39.3 Å². The average molecular weight is 510 g/mol. The Hall–Kier alpha value is -0.960. The number of piperazine rings is 2. The standard InChI is InChI=1S/C10H12ClFN2.C6H3BrClF.C4H10N2/c11-8-1-2-10(9(12)7-8)14-5-3-13-4-6-14;7-5-2-1-4(8)3-6(5)9;1-2-6-4-3-5-1/h1-2,7,13H,3-6H2;1-3H;5-6H,1-4H2. The van der Waals surface area contributed by atoms with Crippen LogP contribution in [0.5, 0.6) is 0 Å². The summed E-state index contributed by atoms with van der Waals surface area (Å²) < 4.78 is 26.4. The van der Waals surface area contributed by atoms with Crippen molar-refractivity contribution in [2.75, 3.05) is 57.3 Å². The van der Waals surface area contributed by atoms with Crippen molar-refractivity contribution in [2.45, 2.75) is 0 Å². The van der Waals surface area contributed by atoms with Crippen LogP contribution in [-0.4, -0.2) is 52.4 Å². The molecule has 0 aliphatic carbocycles. The Bertz CT molecular complexity index is 746. The van der Waals surface area contributed by atoms with Crippen LogP contribution in [0, 0.1) is 11.6 Å². The first-order chi connectivity index (χ1) is 14.0. The largest absolute Gasteiger partial charge is 0.367 e. The van der Waals surface area contributed by atoms with E-state index in [1.807, 2.05) is 4.90 Å². The van der Waals surface area contributed by atoms with Crippen LogP contribution in [0.1, 0.15) is 0 Å². The highest BCUT2D eigenvalue weighted by Crippen LogP contribution is 2.23. The third kappa shape index (κ3) is 9.15. The molecule has 0 spiro atoms. The fraction of sp³-hybridized carbons (Fsp3) is 0.400. The zero-order valence-corrected chi connectivity index (χ0v) is 19.1. The van der Waals surface area contributed by atoms with Crippen LogP contribution in [0.4, 0.5) is 14.5 Å². The van der Waals surface area contributed by atoms with Crippen LogP contribution in [0.15, 0.2) is 40.9 Å².